The number of aromatic amines is 1. The van der Waals surface area contributed by atoms with Gasteiger partial charge >= 0.3 is 0 Å². The van der Waals surface area contributed by atoms with Gasteiger partial charge in [-0.05, 0) is 12.1 Å². The minimum Gasteiger partial charge on any atom is -0.486 e. The van der Waals surface area contributed by atoms with Crippen LogP contribution in [0.15, 0.2) is 36.4 Å². The highest BCUT2D eigenvalue weighted by Crippen LogP contribution is 2.34. The first kappa shape index (κ1) is 11.3. The third-order valence-corrected chi connectivity index (χ3v) is 3.27. The van der Waals surface area contributed by atoms with Crippen LogP contribution in [0.2, 0.25) is 0 Å². The number of imidazole rings is 1. The Balaban J connectivity index is 1.89. The first-order valence-corrected chi connectivity index (χ1v) is 6.35. The lowest BCUT2D eigenvalue weighted by Crippen LogP contribution is -2.15. The summed E-state index contributed by atoms with van der Waals surface area (Å²) in [5, 5.41) is 0. The SMILES string of the molecule is Fc1ccccc1-c1nc2cc3c(cc2[nH]1)OCCO3. The maximum atomic E-state index is 13.8. The molecule has 0 fully saturated rings. The zero-order chi connectivity index (χ0) is 13.5. The molecular formula is C15H11FN2O2. The van der Waals surface area contributed by atoms with Crippen molar-refractivity contribution in [2.45, 2.75) is 0 Å². The minimum atomic E-state index is -0.302. The second-order valence-electron chi connectivity index (χ2n) is 4.58. The molecule has 0 saturated heterocycles. The van der Waals surface area contributed by atoms with Gasteiger partial charge in [0.25, 0.3) is 0 Å². The van der Waals surface area contributed by atoms with Crippen LogP contribution in [0, 0.1) is 5.82 Å². The molecule has 0 radical (unpaired) electrons. The highest BCUT2D eigenvalue weighted by Gasteiger charge is 2.16. The monoisotopic (exact) mass is 270 g/mol. The molecule has 1 aromatic heterocycles. The third-order valence-electron chi connectivity index (χ3n) is 3.27. The number of aromatic nitrogens is 2. The fourth-order valence-electron chi connectivity index (χ4n) is 2.33. The van der Waals surface area contributed by atoms with E-state index in [1.165, 1.54) is 6.07 Å². The molecule has 0 atom stereocenters. The van der Waals surface area contributed by atoms with E-state index in [0.717, 1.165) is 11.0 Å². The Hall–Kier alpha value is -2.56. The minimum absolute atomic E-state index is 0.302. The Bertz CT molecular complexity index is 755. The summed E-state index contributed by atoms with van der Waals surface area (Å²) in [5.41, 5.74) is 1.98. The van der Waals surface area contributed by atoms with Crippen LogP contribution < -0.4 is 9.47 Å². The van der Waals surface area contributed by atoms with Gasteiger partial charge in [-0.25, -0.2) is 9.37 Å². The van der Waals surface area contributed by atoms with Crippen molar-refractivity contribution in [3.8, 4) is 22.9 Å². The molecule has 3 aromatic rings. The molecule has 1 aliphatic rings. The summed E-state index contributed by atoms with van der Waals surface area (Å²) in [6.07, 6.45) is 0. The van der Waals surface area contributed by atoms with E-state index in [0.29, 0.717) is 36.1 Å². The Labute approximate surface area is 114 Å². The van der Waals surface area contributed by atoms with Gasteiger partial charge in [0.05, 0.1) is 16.6 Å². The fraction of sp³-hybridized carbons (Fsp3) is 0.133. The van der Waals surface area contributed by atoms with E-state index in [9.17, 15) is 4.39 Å². The van der Waals surface area contributed by atoms with Gasteiger partial charge in [0, 0.05) is 12.1 Å². The maximum Gasteiger partial charge on any atom is 0.163 e. The summed E-state index contributed by atoms with van der Waals surface area (Å²) in [5.74, 6) is 1.56. The van der Waals surface area contributed by atoms with Crippen molar-refractivity contribution < 1.29 is 13.9 Å². The zero-order valence-electron chi connectivity index (χ0n) is 10.5. The predicted octanol–water partition coefficient (Wildman–Crippen LogP) is 3.14. The van der Waals surface area contributed by atoms with E-state index >= 15 is 0 Å². The zero-order valence-corrected chi connectivity index (χ0v) is 10.5. The number of rotatable bonds is 1. The average Bonchev–Trinajstić information content (AvgIpc) is 2.87. The molecule has 0 bridgehead atoms. The summed E-state index contributed by atoms with van der Waals surface area (Å²) in [6, 6.07) is 10.2. The number of nitrogens with one attached hydrogen (secondary N) is 1. The van der Waals surface area contributed by atoms with Crippen molar-refractivity contribution in [3.63, 3.8) is 0 Å². The van der Waals surface area contributed by atoms with Gasteiger partial charge in [0.1, 0.15) is 24.9 Å². The lowest BCUT2D eigenvalue weighted by atomic mass is 10.2. The van der Waals surface area contributed by atoms with Crippen molar-refractivity contribution in [2.24, 2.45) is 0 Å². The number of H-pyrrole nitrogens is 1. The largest absolute Gasteiger partial charge is 0.486 e. The van der Waals surface area contributed by atoms with Crippen molar-refractivity contribution in [1.82, 2.24) is 9.97 Å². The molecule has 0 amide bonds. The van der Waals surface area contributed by atoms with E-state index in [1.54, 1.807) is 18.2 Å². The highest BCUT2D eigenvalue weighted by atomic mass is 19.1. The van der Waals surface area contributed by atoms with E-state index in [1.807, 2.05) is 12.1 Å². The van der Waals surface area contributed by atoms with Crippen LogP contribution >= 0.6 is 0 Å². The fourth-order valence-corrected chi connectivity index (χ4v) is 2.33. The Morgan fingerprint density at radius 2 is 1.80 bits per heavy atom. The Kier molecular flexibility index (Phi) is 2.39. The quantitative estimate of drug-likeness (QED) is 0.739. The van der Waals surface area contributed by atoms with Crippen molar-refractivity contribution in [2.75, 3.05) is 13.2 Å². The van der Waals surface area contributed by atoms with Crippen LogP contribution in [0.3, 0.4) is 0 Å². The summed E-state index contributed by atoms with van der Waals surface area (Å²) >= 11 is 0. The van der Waals surface area contributed by atoms with E-state index in [2.05, 4.69) is 9.97 Å². The van der Waals surface area contributed by atoms with E-state index in [-0.39, 0.29) is 5.82 Å². The molecular weight excluding hydrogens is 259 g/mol. The molecule has 1 N–H and O–H groups in total. The van der Waals surface area contributed by atoms with Gasteiger partial charge in [-0.15, -0.1) is 0 Å². The second-order valence-corrected chi connectivity index (χ2v) is 4.58. The van der Waals surface area contributed by atoms with Crippen LogP contribution in [0.1, 0.15) is 0 Å². The Morgan fingerprint density at radius 1 is 1.05 bits per heavy atom. The number of fused-ring (bicyclic) bond motifs is 2. The molecule has 20 heavy (non-hydrogen) atoms. The smallest absolute Gasteiger partial charge is 0.163 e. The number of benzene rings is 2. The summed E-state index contributed by atoms with van der Waals surface area (Å²) < 4.78 is 24.8. The van der Waals surface area contributed by atoms with Crippen molar-refractivity contribution in [1.29, 1.82) is 0 Å². The van der Waals surface area contributed by atoms with Crippen LogP contribution in [0.25, 0.3) is 22.4 Å². The van der Waals surface area contributed by atoms with Crippen molar-refractivity contribution in [3.05, 3.63) is 42.2 Å². The predicted molar refractivity (Wildman–Crippen MR) is 72.5 cm³/mol. The van der Waals surface area contributed by atoms with E-state index in [4.69, 9.17) is 9.47 Å². The van der Waals surface area contributed by atoms with Crippen LogP contribution in [-0.2, 0) is 0 Å². The van der Waals surface area contributed by atoms with Crippen LogP contribution in [0.4, 0.5) is 4.39 Å². The second kappa shape index (κ2) is 4.23. The molecule has 0 unspecified atom stereocenters. The van der Waals surface area contributed by atoms with Gasteiger partial charge in [-0.3, -0.25) is 0 Å². The summed E-state index contributed by atoms with van der Waals surface area (Å²) in [7, 11) is 0. The first-order chi connectivity index (χ1) is 9.81. The molecule has 0 saturated carbocycles. The summed E-state index contributed by atoms with van der Waals surface area (Å²) in [6.45, 7) is 1.07. The molecule has 1 aliphatic heterocycles. The molecule has 100 valence electrons. The van der Waals surface area contributed by atoms with Gasteiger partial charge < -0.3 is 14.5 Å². The van der Waals surface area contributed by atoms with Crippen molar-refractivity contribution >= 4 is 11.0 Å². The van der Waals surface area contributed by atoms with Gasteiger partial charge in [-0.1, -0.05) is 12.1 Å². The number of hydrogen-bond acceptors (Lipinski definition) is 3. The third kappa shape index (κ3) is 1.71. The number of nitrogens with zero attached hydrogens (tertiary/aromatic N) is 1. The molecule has 2 aromatic carbocycles. The molecule has 0 aliphatic carbocycles. The highest BCUT2D eigenvalue weighted by molar-refractivity contribution is 5.83. The van der Waals surface area contributed by atoms with Gasteiger partial charge in [0.2, 0.25) is 0 Å². The molecule has 2 heterocycles. The number of ether oxygens (including phenoxy) is 2. The first-order valence-electron chi connectivity index (χ1n) is 6.35. The molecule has 4 nitrogen and oxygen atoms in total. The Morgan fingerprint density at radius 3 is 2.60 bits per heavy atom. The average molecular weight is 270 g/mol. The van der Waals surface area contributed by atoms with Crippen LogP contribution in [-0.4, -0.2) is 23.2 Å². The molecule has 5 heteroatoms. The van der Waals surface area contributed by atoms with E-state index < -0.39 is 0 Å². The van der Waals surface area contributed by atoms with Gasteiger partial charge in [0.15, 0.2) is 11.5 Å². The summed E-state index contributed by atoms with van der Waals surface area (Å²) in [4.78, 5) is 7.54. The topological polar surface area (TPSA) is 47.1 Å². The standard InChI is InChI=1S/C15H11FN2O2/c16-10-4-2-1-3-9(10)15-17-11-7-13-14(8-12(11)18-15)20-6-5-19-13/h1-4,7-8H,5-6H2,(H,17,18). The molecule has 4 rings (SSSR count). The van der Waals surface area contributed by atoms with Gasteiger partial charge in [-0.2, -0.15) is 0 Å². The normalized spacial score (nSPS) is 13.7. The molecule has 0 spiro atoms. The number of halogens is 1. The lowest BCUT2D eigenvalue weighted by Gasteiger charge is -2.17. The number of hydrogen-bond donors (Lipinski definition) is 1. The lowest BCUT2D eigenvalue weighted by molar-refractivity contribution is 0.172. The van der Waals surface area contributed by atoms with Crippen LogP contribution in [0.5, 0.6) is 11.5 Å². The maximum absolute atomic E-state index is 13.8.